The van der Waals surface area contributed by atoms with Crippen molar-refractivity contribution in [2.45, 2.75) is 138 Å². The number of amides is 3. The van der Waals surface area contributed by atoms with Crippen molar-refractivity contribution in [3.05, 3.63) is 36.6 Å². The summed E-state index contributed by atoms with van der Waals surface area (Å²) in [4.78, 5) is 41.5. The van der Waals surface area contributed by atoms with E-state index in [1.165, 1.54) is 19.3 Å². The van der Waals surface area contributed by atoms with Gasteiger partial charge in [-0.2, -0.15) is 0 Å². The molecule has 3 amide bonds. The molecular weight excluding hydrogens is 548 g/mol. The highest BCUT2D eigenvalue weighted by molar-refractivity contribution is 5.89. The quantitative estimate of drug-likeness (QED) is 0.168. The van der Waals surface area contributed by atoms with E-state index in [4.69, 9.17) is 0 Å². The summed E-state index contributed by atoms with van der Waals surface area (Å²) in [7, 11) is 0. The van der Waals surface area contributed by atoms with E-state index in [9.17, 15) is 14.4 Å². The normalized spacial score (nSPS) is 24.5. The zero-order valence-corrected chi connectivity index (χ0v) is 29.6. The molecule has 0 spiro atoms. The van der Waals surface area contributed by atoms with Crippen LogP contribution in [0, 0.1) is 35.0 Å². The lowest BCUT2D eigenvalue weighted by Crippen LogP contribution is -2.60. The fraction of sp³-hybridized carbons (Fsp3) is 0.757. The number of ketones is 1. The Hall–Kier alpha value is -2.57. The maximum atomic E-state index is 14.3. The lowest BCUT2D eigenvalue weighted by molar-refractivity contribution is -0.137. The Kier molecular flexibility index (Phi) is 13.8. The second-order valence-corrected chi connectivity index (χ2v) is 14.8. The average Bonchev–Trinajstić information content (AvgIpc) is 3.36. The predicted octanol–water partition coefficient (Wildman–Crippen LogP) is 7.40. The molecule has 7 nitrogen and oxygen atoms in total. The number of hydrogen-bond donors (Lipinski definition) is 3. The van der Waals surface area contributed by atoms with Crippen LogP contribution in [0.4, 0.5) is 4.79 Å². The van der Waals surface area contributed by atoms with Gasteiger partial charge in [0.05, 0.1) is 12.1 Å². The van der Waals surface area contributed by atoms with Crippen LogP contribution in [0.1, 0.15) is 114 Å². The maximum absolute atomic E-state index is 14.3. The van der Waals surface area contributed by atoms with Gasteiger partial charge in [0.2, 0.25) is 5.91 Å². The average molecular weight is 613 g/mol. The largest absolute Gasteiger partial charge is 0.380 e. The zero-order valence-electron chi connectivity index (χ0n) is 29.6. The molecule has 250 valence electrons. The number of Topliss-reactive ketones (excluding diaryl/α,β-unsaturated/α-hetero) is 1. The van der Waals surface area contributed by atoms with Crippen LogP contribution in [0.3, 0.4) is 0 Å². The highest BCUT2D eigenvalue weighted by Crippen LogP contribution is 2.56. The Morgan fingerprint density at radius 3 is 2.09 bits per heavy atom. The molecule has 2 aliphatic carbocycles. The number of urea groups is 1. The molecule has 0 bridgehead atoms. The molecule has 2 saturated carbocycles. The maximum Gasteiger partial charge on any atom is 0.315 e. The minimum Gasteiger partial charge on any atom is -0.380 e. The molecule has 7 atom stereocenters. The first-order chi connectivity index (χ1) is 20.6. The van der Waals surface area contributed by atoms with Crippen molar-refractivity contribution in [1.29, 1.82) is 0 Å². The number of likely N-dealkylation sites (tertiary alicyclic amines) is 1. The van der Waals surface area contributed by atoms with Crippen LogP contribution in [-0.4, -0.2) is 53.3 Å². The SMILES string of the molecule is C=C(C)C(=C)C(CC1CCC1)NC(=C)C1[C@H]2C(C)[C@H]2CN1C(=O)C(NC(=O)NC(CCC(=O)CC)C(C)C)C(C)(C)C.CC. The summed E-state index contributed by atoms with van der Waals surface area (Å²) < 4.78 is 0. The fourth-order valence-corrected chi connectivity index (χ4v) is 6.76. The minimum absolute atomic E-state index is 0.0558. The van der Waals surface area contributed by atoms with Crippen molar-refractivity contribution in [2.24, 2.45) is 35.0 Å². The van der Waals surface area contributed by atoms with Crippen molar-refractivity contribution in [1.82, 2.24) is 20.9 Å². The molecule has 3 fully saturated rings. The second-order valence-electron chi connectivity index (χ2n) is 14.8. The summed E-state index contributed by atoms with van der Waals surface area (Å²) in [6.07, 6.45) is 6.31. The summed E-state index contributed by atoms with van der Waals surface area (Å²) >= 11 is 0. The van der Waals surface area contributed by atoms with E-state index in [1.54, 1.807) is 0 Å². The van der Waals surface area contributed by atoms with E-state index in [-0.39, 0.29) is 41.8 Å². The van der Waals surface area contributed by atoms with Gasteiger partial charge in [0, 0.05) is 31.1 Å². The molecule has 0 aromatic carbocycles. The third-order valence-electron chi connectivity index (χ3n) is 10.1. The van der Waals surface area contributed by atoms with Crippen molar-refractivity contribution < 1.29 is 14.4 Å². The van der Waals surface area contributed by atoms with E-state index >= 15 is 0 Å². The molecular formula is C37H64N4O3. The van der Waals surface area contributed by atoms with Gasteiger partial charge in [0.1, 0.15) is 11.8 Å². The van der Waals surface area contributed by atoms with Gasteiger partial charge in [0.15, 0.2) is 0 Å². The van der Waals surface area contributed by atoms with Gasteiger partial charge < -0.3 is 20.9 Å². The van der Waals surface area contributed by atoms with Gasteiger partial charge in [-0.25, -0.2) is 4.79 Å². The molecule has 0 radical (unpaired) electrons. The number of nitrogens with one attached hydrogen (secondary N) is 3. The van der Waals surface area contributed by atoms with Crippen LogP contribution in [0.15, 0.2) is 36.6 Å². The highest BCUT2D eigenvalue weighted by Gasteiger charge is 2.61. The van der Waals surface area contributed by atoms with Crippen molar-refractivity contribution in [3.63, 3.8) is 0 Å². The first-order valence-corrected chi connectivity index (χ1v) is 17.3. The molecule has 0 aromatic heterocycles. The van der Waals surface area contributed by atoms with Crippen LogP contribution in [0.5, 0.6) is 0 Å². The van der Waals surface area contributed by atoms with E-state index in [0.717, 1.165) is 23.3 Å². The highest BCUT2D eigenvalue weighted by atomic mass is 16.2. The van der Waals surface area contributed by atoms with Crippen molar-refractivity contribution >= 4 is 17.7 Å². The third kappa shape index (κ3) is 9.47. The Labute approximate surface area is 269 Å². The topological polar surface area (TPSA) is 90.5 Å². The number of carbonyl (C=O) groups excluding carboxylic acids is 3. The van der Waals surface area contributed by atoms with E-state index < -0.39 is 11.5 Å². The summed E-state index contributed by atoms with van der Waals surface area (Å²) in [5, 5.41) is 9.80. The molecule has 3 rings (SSSR count). The van der Waals surface area contributed by atoms with Gasteiger partial charge in [0.25, 0.3) is 0 Å². The van der Waals surface area contributed by atoms with Gasteiger partial charge in [-0.05, 0) is 60.3 Å². The predicted molar refractivity (Wildman–Crippen MR) is 183 cm³/mol. The standard InChI is InChI=1S/C35H58N4O3.C2H6/c1-12-26(40)16-17-28(21(4)5)37-34(42)38-32(35(9,10)11)33(41)39-19-27-23(7)30(27)31(39)24(8)36-29(22(6)20(2)3)18-25-14-13-15-25;1-2/h21,23,25,27-32,36H,2,6,8,12-19H2,1,3-5,7,9-11H3,(H2,37,38,42);1-2H3/t23?,27-,28?,29?,30+,31?,32?;/m1./s1. The lowest BCUT2D eigenvalue weighted by atomic mass is 9.79. The Morgan fingerprint density at radius 1 is 1.00 bits per heavy atom. The van der Waals surface area contributed by atoms with Crippen molar-refractivity contribution in [3.8, 4) is 0 Å². The first-order valence-electron chi connectivity index (χ1n) is 17.3. The Balaban J connectivity index is 0.00000330. The molecule has 44 heavy (non-hydrogen) atoms. The van der Waals surface area contributed by atoms with Crippen LogP contribution in [0.2, 0.25) is 0 Å². The monoisotopic (exact) mass is 612 g/mol. The number of nitrogens with zero attached hydrogens (tertiary/aromatic N) is 1. The van der Waals surface area contributed by atoms with Gasteiger partial charge in [-0.1, -0.05) is 107 Å². The Morgan fingerprint density at radius 2 is 1.61 bits per heavy atom. The molecule has 7 heteroatoms. The minimum atomic E-state index is -0.707. The second kappa shape index (κ2) is 16.1. The van der Waals surface area contributed by atoms with Crippen LogP contribution in [0.25, 0.3) is 0 Å². The molecule has 1 heterocycles. The Bertz CT molecular complexity index is 1050. The smallest absolute Gasteiger partial charge is 0.315 e. The summed E-state index contributed by atoms with van der Waals surface area (Å²) in [5.41, 5.74) is 2.34. The zero-order chi connectivity index (χ0) is 33.5. The van der Waals surface area contributed by atoms with Crippen LogP contribution >= 0.6 is 0 Å². The molecule has 5 unspecified atom stereocenters. The van der Waals surface area contributed by atoms with Gasteiger partial charge in [-0.15, -0.1) is 0 Å². The molecule has 3 aliphatic rings. The summed E-state index contributed by atoms with van der Waals surface area (Å²) in [5.74, 6) is 2.32. The number of hydrogen-bond acceptors (Lipinski definition) is 4. The van der Waals surface area contributed by atoms with Crippen LogP contribution in [-0.2, 0) is 9.59 Å². The van der Waals surface area contributed by atoms with Crippen molar-refractivity contribution in [2.75, 3.05) is 6.54 Å². The summed E-state index contributed by atoms with van der Waals surface area (Å²) in [6.45, 7) is 33.8. The summed E-state index contributed by atoms with van der Waals surface area (Å²) in [6, 6.07) is -1.29. The van der Waals surface area contributed by atoms with Crippen LogP contribution < -0.4 is 16.0 Å². The van der Waals surface area contributed by atoms with Gasteiger partial charge >= 0.3 is 6.03 Å². The molecule has 1 saturated heterocycles. The number of piperidine rings is 1. The molecule has 1 aliphatic heterocycles. The fourth-order valence-electron chi connectivity index (χ4n) is 6.76. The van der Waals surface area contributed by atoms with E-state index in [0.29, 0.717) is 49.5 Å². The number of fused-ring (bicyclic) bond motifs is 1. The molecule has 0 aromatic rings. The van der Waals surface area contributed by atoms with Gasteiger partial charge in [-0.3, -0.25) is 9.59 Å². The third-order valence-corrected chi connectivity index (χ3v) is 10.1. The molecule has 3 N–H and O–H groups in total. The first kappa shape index (κ1) is 37.6. The number of rotatable bonds is 15. The lowest BCUT2D eigenvalue weighted by Gasteiger charge is -2.39. The van der Waals surface area contributed by atoms with E-state index in [1.807, 2.05) is 67.2 Å². The number of carbonyl (C=O) groups is 3. The van der Waals surface area contributed by atoms with E-state index in [2.05, 4.69) is 42.6 Å².